The maximum absolute atomic E-state index is 12.8. The van der Waals surface area contributed by atoms with Crippen molar-refractivity contribution in [2.75, 3.05) is 23.5 Å². The number of nitrogens with zero attached hydrogens (tertiary/aromatic N) is 7. The molecule has 2 N–H and O–H groups in total. The van der Waals surface area contributed by atoms with Gasteiger partial charge in [-0.2, -0.15) is 4.98 Å². The average molecular weight is 500 g/mol. The highest BCUT2D eigenvalue weighted by atomic mass is 32.2. The molecule has 0 bridgehead atoms. The number of aromatic nitrogens is 6. The Bertz CT molecular complexity index is 1290. The Hall–Kier alpha value is -3.61. The molecule has 1 saturated carbocycles. The SMILES string of the molecule is CCOC(=O)N=S(C)(=O)c1ccc(Nc2ncc(-c3nnnn3C)c(NC3CCCCC3)n2)cc1. The molecule has 1 amide bonds. The molecule has 35 heavy (non-hydrogen) atoms. The molecule has 3 aromatic rings. The molecule has 1 atom stereocenters. The second-order valence-corrected chi connectivity index (χ2v) is 10.6. The Labute approximate surface area is 204 Å². The van der Waals surface area contributed by atoms with Crippen molar-refractivity contribution in [3.05, 3.63) is 30.5 Å². The third kappa shape index (κ3) is 6.10. The highest BCUT2D eigenvalue weighted by Crippen LogP contribution is 2.29. The van der Waals surface area contributed by atoms with Crippen molar-refractivity contribution < 1.29 is 13.7 Å². The molecule has 0 radical (unpaired) electrons. The van der Waals surface area contributed by atoms with Crippen LogP contribution in [0.1, 0.15) is 39.0 Å². The number of anilines is 3. The van der Waals surface area contributed by atoms with E-state index in [-0.39, 0.29) is 6.61 Å². The van der Waals surface area contributed by atoms with Crippen LogP contribution in [0.2, 0.25) is 0 Å². The van der Waals surface area contributed by atoms with Gasteiger partial charge in [-0.25, -0.2) is 18.7 Å². The smallest absolute Gasteiger partial charge is 0.442 e. The van der Waals surface area contributed by atoms with E-state index in [4.69, 9.17) is 9.72 Å². The van der Waals surface area contributed by atoms with Crippen molar-refractivity contribution in [1.82, 2.24) is 30.2 Å². The van der Waals surface area contributed by atoms with Crippen LogP contribution in [0.25, 0.3) is 11.4 Å². The number of benzene rings is 1. The van der Waals surface area contributed by atoms with Gasteiger partial charge in [0, 0.05) is 36.1 Å². The Morgan fingerprint density at radius 1 is 1.23 bits per heavy atom. The molecule has 2 heterocycles. The molecule has 1 aliphatic carbocycles. The third-order valence-corrected chi connectivity index (χ3v) is 7.30. The fourth-order valence-electron chi connectivity index (χ4n) is 3.88. The predicted molar refractivity (Wildman–Crippen MR) is 132 cm³/mol. The number of carbonyl (C=O) groups excluding carboxylic acids is 1. The van der Waals surface area contributed by atoms with Crippen LogP contribution in [-0.4, -0.2) is 59.4 Å². The maximum atomic E-state index is 12.8. The van der Waals surface area contributed by atoms with Gasteiger partial charge in [0.25, 0.3) is 0 Å². The van der Waals surface area contributed by atoms with Crippen molar-refractivity contribution in [2.45, 2.75) is 50.0 Å². The highest BCUT2D eigenvalue weighted by molar-refractivity contribution is 7.93. The minimum absolute atomic E-state index is 0.171. The largest absolute Gasteiger partial charge is 0.448 e. The summed E-state index contributed by atoms with van der Waals surface area (Å²) in [6.07, 6.45) is 8.04. The van der Waals surface area contributed by atoms with Crippen LogP contribution >= 0.6 is 0 Å². The van der Waals surface area contributed by atoms with Crippen LogP contribution in [-0.2, 0) is 21.5 Å². The van der Waals surface area contributed by atoms with E-state index in [9.17, 15) is 9.00 Å². The summed E-state index contributed by atoms with van der Waals surface area (Å²) in [6, 6.07) is 7.09. The first-order valence-electron chi connectivity index (χ1n) is 11.5. The molecular formula is C22H29N9O3S. The molecule has 0 saturated heterocycles. The summed E-state index contributed by atoms with van der Waals surface area (Å²) in [6.45, 7) is 1.84. The van der Waals surface area contributed by atoms with Gasteiger partial charge in [0.05, 0.1) is 21.9 Å². The summed E-state index contributed by atoms with van der Waals surface area (Å²) < 4.78 is 22.9. The second-order valence-electron chi connectivity index (χ2n) is 8.30. The number of nitrogens with one attached hydrogen (secondary N) is 2. The van der Waals surface area contributed by atoms with Crippen molar-refractivity contribution in [2.24, 2.45) is 11.4 Å². The standard InChI is InChI=1S/C22H29N9O3S/c1-4-34-22(32)28-35(3,33)17-12-10-16(11-13-17)25-21-23-14-18(20-27-29-30-31(20)2)19(26-21)24-15-8-6-5-7-9-15/h10-15H,4-9H2,1-3H3,(H2,23,24,25,26). The fraction of sp³-hybridized carbons (Fsp3) is 0.455. The molecule has 186 valence electrons. The molecule has 0 aliphatic heterocycles. The molecule has 1 aliphatic rings. The van der Waals surface area contributed by atoms with Crippen LogP contribution in [0.5, 0.6) is 0 Å². The topological polar surface area (TPSA) is 149 Å². The summed E-state index contributed by atoms with van der Waals surface area (Å²) in [5, 5.41) is 18.5. The molecule has 13 heteroatoms. The summed E-state index contributed by atoms with van der Waals surface area (Å²) >= 11 is 0. The zero-order valence-electron chi connectivity index (χ0n) is 20.0. The fourth-order valence-corrected chi connectivity index (χ4v) is 4.96. The van der Waals surface area contributed by atoms with E-state index in [1.807, 2.05) is 0 Å². The monoisotopic (exact) mass is 499 g/mol. The molecule has 4 rings (SSSR count). The van der Waals surface area contributed by atoms with Gasteiger partial charge in [-0.3, -0.25) is 0 Å². The van der Waals surface area contributed by atoms with Crippen molar-refractivity contribution in [1.29, 1.82) is 0 Å². The van der Waals surface area contributed by atoms with Crippen molar-refractivity contribution in [3.8, 4) is 11.4 Å². The Morgan fingerprint density at radius 3 is 2.63 bits per heavy atom. The van der Waals surface area contributed by atoms with E-state index in [0.29, 0.717) is 34.2 Å². The van der Waals surface area contributed by atoms with Gasteiger partial charge in [0.1, 0.15) is 5.82 Å². The van der Waals surface area contributed by atoms with Crippen molar-refractivity contribution >= 4 is 33.3 Å². The number of ether oxygens (including phenoxy) is 1. The van der Waals surface area contributed by atoms with Gasteiger partial charge in [0.15, 0.2) is 5.82 Å². The average Bonchev–Trinajstić information content (AvgIpc) is 3.26. The Morgan fingerprint density at radius 2 is 1.97 bits per heavy atom. The lowest BCUT2D eigenvalue weighted by atomic mass is 9.95. The number of hydrogen-bond donors (Lipinski definition) is 2. The first-order valence-corrected chi connectivity index (χ1v) is 13.4. The Kier molecular flexibility index (Phi) is 7.54. The van der Waals surface area contributed by atoms with Gasteiger partial charge in [0.2, 0.25) is 5.95 Å². The number of carbonyl (C=O) groups is 1. The quantitative estimate of drug-likeness (QED) is 0.492. The van der Waals surface area contributed by atoms with Gasteiger partial charge in [-0.1, -0.05) is 19.3 Å². The minimum atomic E-state index is -2.92. The summed E-state index contributed by atoms with van der Waals surface area (Å²) in [7, 11) is -1.15. The Balaban J connectivity index is 1.57. The van der Waals surface area contributed by atoms with Gasteiger partial charge in [-0.15, -0.1) is 9.46 Å². The zero-order chi connectivity index (χ0) is 24.8. The number of aryl methyl sites for hydroxylation is 1. The third-order valence-electron chi connectivity index (χ3n) is 5.66. The van der Waals surface area contributed by atoms with E-state index in [1.165, 1.54) is 25.5 Å². The van der Waals surface area contributed by atoms with Gasteiger partial charge in [-0.05, 0) is 54.5 Å². The molecule has 2 aromatic heterocycles. The molecule has 1 unspecified atom stereocenters. The minimum Gasteiger partial charge on any atom is -0.448 e. The van der Waals surface area contributed by atoms with E-state index < -0.39 is 15.8 Å². The van der Waals surface area contributed by atoms with Crippen LogP contribution in [0, 0.1) is 0 Å². The maximum Gasteiger partial charge on any atom is 0.442 e. The zero-order valence-corrected chi connectivity index (χ0v) is 20.8. The lowest BCUT2D eigenvalue weighted by molar-refractivity contribution is 0.164. The first-order chi connectivity index (χ1) is 16.9. The van der Waals surface area contributed by atoms with Crippen LogP contribution in [0.4, 0.5) is 22.2 Å². The lowest BCUT2D eigenvalue weighted by Crippen LogP contribution is -2.23. The van der Waals surface area contributed by atoms with Crippen LogP contribution in [0.15, 0.2) is 39.7 Å². The number of tetrazole rings is 1. The molecule has 0 spiro atoms. The molecule has 1 fully saturated rings. The number of rotatable bonds is 7. The van der Waals surface area contributed by atoms with E-state index in [0.717, 1.165) is 18.4 Å². The first kappa shape index (κ1) is 24.5. The van der Waals surface area contributed by atoms with E-state index >= 15 is 0 Å². The summed E-state index contributed by atoms with van der Waals surface area (Å²) in [5.74, 6) is 1.62. The molecule has 1 aromatic carbocycles. The highest BCUT2D eigenvalue weighted by Gasteiger charge is 2.20. The van der Waals surface area contributed by atoms with E-state index in [1.54, 1.807) is 49.1 Å². The van der Waals surface area contributed by atoms with Crippen LogP contribution in [0.3, 0.4) is 0 Å². The van der Waals surface area contributed by atoms with Crippen molar-refractivity contribution in [3.63, 3.8) is 0 Å². The van der Waals surface area contributed by atoms with Crippen LogP contribution < -0.4 is 10.6 Å². The second kappa shape index (κ2) is 10.8. The normalized spacial score (nSPS) is 15.7. The van der Waals surface area contributed by atoms with E-state index in [2.05, 4.69) is 35.5 Å². The lowest BCUT2D eigenvalue weighted by Gasteiger charge is -2.24. The summed E-state index contributed by atoms with van der Waals surface area (Å²) in [4.78, 5) is 21.2. The summed E-state index contributed by atoms with van der Waals surface area (Å²) in [5.41, 5.74) is 1.41. The molecule has 12 nitrogen and oxygen atoms in total. The van der Waals surface area contributed by atoms with Gasteiger partial charge >= 0.3 is 6.09 Å². The predicted octanol–water partition coefficient (Wildman–Crippen LogP) is 3.77. The number of hydrogen-bond acceptors (Lipinski definition) is 10. The number of amides is 1. The molecular weight excluding hydrogens is 470 g/mol. The van der Waals surface area contributed by atoms with Gasteiger partial charge < -0.3 is 15.4 Å².